The molecule has 52 heavy (non-hydrogen) atoms. The maximum absolute atomic E-state index is 15.6. The fraction of sp³-hybridized carbons (Fsp3) is 0.525. The monoisotopic (exact) mass is 711 g/mol. The summed E-state index contributed by atoms with van der Waals surface area (Å²) in [5, 5.41) is 10.1. The number of imide groups is 1. The van der Waals surface area contributed by atoms with Crippen LogP contribution in [-0.2, 0) is 16.6 Å². The number of likely N-dealkylation sites (tertiary alicyclic amines) is 2. The standard InChI is InChI=1S/C40H50FN7O4/c1-25-33(22-42-46(4)38(25)51)43-30-21-29(23-45(3)24-30)27-5-7-28(8-6-27)39(52)48-19-15-40(16-20-48)13-17-47(18-14-40)34-11-9-31(36(41)26(34)2)32-10-12-35(49)44-37(32)50/h5-9,11,22,29-30,32,43H,10,12-21,23-24H2,1-4H3,(H,44,49,50)/t29-,30+,32?/m1/s1. The quantitative estimate of drug-likeness (QED) is 0.360. The molecule has 2 N–H and O–H groups in total. The molecule has 11 nitrogen and oxygen atoms in total. The van der Waals surface area contributed by atoms with Crippen LogP contribution >= 0.6 is 0 Å². The van der Waals surface area contributed by atoms with Crippen molar-refractivity contribution in [2.24, 2.45) is 12.5 Å². The second-order valence-electron chi connectivity index (χ2n) is 15.6. The van der Waals surface area contributed by atoms with Crippen molar-refractivity contribution in [2.75, 3.05) is 56.5 Å². The number of likely N-dealkylation sites (N-methyl/N-ethyl adjacent to an activating group) is 1. The number of carbonyl (C=O) groups excluding carboxylic acids is 3. The minimum atomic E-state index is -0.641. The molecule has 12 heteroatoms. The van der Waals surface area contributed by atoms with Crippen molar-refractivity contribution in [1.29, 1.82) is 0 Å². The molecule has 7 rings (SSSR count). The van der Waals surface area contributed by atoms with E-state index in [0.717, 1.165) is 82.7 Å². The van der Waals surface area contributed by atoms with Crippen LogP contribution < -0.4 is 21.1 Å². The molecule has 1 unspecified atom stereocenters. The van der Waals surface area contributed by atoms with Gasteiger partial charge in [-0.2, -0.15) is 5.10 Å². The summed E-state index contributed by atoms with van der Waals surface area (Å²) in [6.07, 6.45) is 7.08. The highest BCUT2D eigenvalue weighted by atomic mass is 19.1. The third-order valence-electron chi connectivity index (χ3n) is 12.3. The zero-order valence-electron chi connectivity index (χ0n) is 30.7. The number of piperidine rings is 4. The maximum atomic E-state index is 15.6. The van der Waals surface area contributed by atoms with Crippen LogP contribution in [0, 0.1) is 25.1 Å². The summed E-state index contributed by atoms with van der Waals surface area (Å²) in [6, 6.07) is 12.0. The number of amides is 3. The summed E-state index contributed by atoms with van der Waals surface area (Å²) in [6.45, 7) is 8.50. The largest absolute Gasteiger partial charge is 0.379 e. The predicted molar refractivity (Wildman–Crippen MR) is 198 cm³/mol. The van der Waals surface area contributed by atoms with Crippen LogP contribution in [0.25, 0.3) is 0 Å². The predicted octanol–water partition coefficient (Wildman–Crippen LogP) is 4.48. The molecule has 0 saturated carbocycles. The van der Waals surface area contributed by atoms with Gasteiger partial charge in [0.15, 0.2) is 0 Å². The number of benzene rings is 2. The number of carbonyl (C=O) groups is 3. The molecular weight excluding hydrogens is 661 g/mol. The van der Waals surface area contributed by atoms with Gasteiger partial charge in [0.2, 0.25) is 11.8 Å². The topological polar surface area (TPSA) is 120 Å². The number of nitrogens with zero attached hydrogens (tertiary/aromatic N) is 5. The first kappa shape index (κ1) is 35.8. The molecule has 3 atom stereocenters. The summed E-state index contributed by atoms with van der Waals surface area (Å²) in [7, 11) is 3.77. The lowest BCUT2D eigenvalue weighted by atomic mass is 9.71. The highest BCUT2D eigenvalue weighted by Gasteiger charge is 2.39. The van der Waals surface area contributed by atoms with Crippen molar-refractivity contribution in [3.63, 3.8) is 0 Å². The van der Waals surface area contributed by atoms with Gasteiger partial charge >= 0.3 is 0 Å². The van der Waals surface area contributed by atoms with Crippen LogP contribution in [0.1, 0.15) is 89.4 Å². The van der Waals surface area contributed by atoms with E-state index in [1.165, 1.54) is 10.2 Å². The lowest BCUT2D eigenvalue weighted by Gasteiger charge is -2.47. The van der Waals surface area contributed by atoms with E-state index in [1.54, 1.807) is 26.2 Å². The summed E-state index contributed by atoms with van der Waals surface area (Å²) in [5.41, 5.74) is 5.22. The van der Waals surface area contributed by atoms with Gasteiger partial charge in [0.05, 0.1) is 17.8 Å². The van der Waals surface area contributed by atoms with E-state index in [0.29, 0.717) is 34.6 Å². The van der Waals surface area contributed by atoms with E-state index in [9.17, 15) is 19.2 Å². The Morgan fingerprint density at radius 3 is 2.31 bits per heavy atom. The van der Waals surface area contributed by atoms with Crippen molar-refractivity contribution >= 4 is 29.1 Å². The van der Waals surface area contributed by atoms with Gasteiger partial charge in [-0.1, -0.05) is 18.2 Å². The Kier molecular flexibility index (Phi) is 9.95. The van der Waals surface area contributed by atoms with Gasteiger partial charge in [0.1, 0.15) is 5.82 Å². The molecule has 4 aliphatic rings. The number of halogens is 1. The molecule has 276 valence electrons. The second-order valence-corrected chi connectivity index (χ2v) is 15.6. The van der Waals surface area contributed by atoms with E-state index >= 15 is 4.39 Å². The zero-order chi connectivity index (χ0) is 36.7. The molecule has 2 aromatic carbocycles. The van der Waals surface area contributed by atoms with Gasteiger partial charge in [0, 0.05) is 86.7 Å². The molecule has 4 saturated heterocycles. The third-order valence-corrected chi connectivity index (χ3v) is 12.3. The Hall–Kier alpha value is -4.58. The maximum Gasteiger partial charge on any atom is 0.271 e. The summed E-state index contributed by atoms with van der Waals surface area (Å²) < 4.78 is 16.9. The average Bonchev–Trinajstić information content (AvgIpc) is 3.14. The minimum absolute atomic E-state index is 0.0787. The van der Waals surface area contributed by atoms with E-state index in [4.69, 9.17) is 0 Å². The molecule has 4 fully saturated rings. The number of nitrogens with one attached hydrogen (secondary N) is 2. The van der Waals surface area contributed by atoms with Crippen LogP contribution in [0.5, 0.6) is 0 Å². The molecule has 1 aromatic heterocycles. The fourth-order valence-corrected chi connectivity index (χ4v) is 8.97. The Labute approximate surface area is 304 Å². The van der Waals surface area contributed by atoms with Gasteiger partial charge in [-0.3, -0.25) is 24.5 Å². The van der Waals surface area contributed by atoms with Gasteiger partial charge in [-0.25, -0.2) is 9.07 Å². The van der Waals surface area contributed by atoms with E-state index in [2.05, 4.69) is 44.7 Å². The number of hydrogen-bond donors (Lipinski definition) is 2. The fourth-order valence-electron chi connectivity index (χ4n) is 8.97. The van der Waals surface area contributed by atoms with Crippen LogP contribution in [0.3, 0.4) is 0 Å². The van der Waals surface area contributed by atoms with Gasteiger partial charge in [-0.15, -0.1) is 0 Å². The first-order valence-corrected chi connectivity index (χ1v) is 18.7. The Morgan fingerprint density at radius 1 is 0.923 bits per heavy atom. The van der Waals surface area contributed by atoms with Gasteiger partial charge in [-0.05, 0) is 94.5 Å². The number of hydrogen-bond acceptors (Lipinski definition) is 8. The molecule has 3 aromatic rings. The lowest BCUT2D eigenvalue weighted by molar-refractivity contribution is -0.134. The van der Waals surface area contributed by atoms with E-state index in [1.807, 2.05) is 30.0 Å². The third kappa shape index (κ3) is 7.09. The van der Waals surface area contributed by atoms with Crippen molar-refractivity contribution in [3.8, 4) is 0 Å². The first-order valence-electron chi connectivity index (χ1n) is 18.7. The molecule has 3 amide bonds. The van der Waals surface area contributed by atoms with Crippen molar-refractivity contribution in [3.05, 3.63) is 86.6 Å². The Bertz CT molecular complexity index is 1910. The van der Waals surface area contributed by atoms with E-state index in [-0.39, 0.29) is 41.1 Å². The number of rotatable bonds is 6. The van der Waals surface area contributed by atoms with Crippen LogP contribution in [0.4, 0.5) is 15.8 Å². The Morgan fingerprint density at radius 2 is 1.62 bits per heavy atom. The molecule has 1 spiro atoms. The molecule has 0 aliphatic carbocycles. The number of aryl methyl sites for hydroxylation is 1. The number of anilines is 2. The van der Waals surface area contributed by atoms with Crippen LogP contribution in [-0.4, -0.2) is 89.7 Å². The Balaban J connectivity index is 0.923. The van der Waals surface area contributed by atoms with Crippen molar-refractivity contribution < 1.29 is 18.8 Å². The molecule has 4 aliphatic heterocycles. The smallest absolute Gasteiger partial charge is 0.271 e. The SMILES string of the molecule is Cc1c(N2CCC3(CCN(C(=O)c4ccc([C@@H]5C[C@H](Nc6cnn(C)c(=O)c6C)CN(C)C5)cc4)CC3)CC2)ccc(C2CCC(=O)NC2=O)c1F. The molecular formula is C40H50FN7O4. The normalized spacial score (nSPS) is 23.8. The minimum Gasteiger partial charge on any atom is -0.379 e. The average molecular weight is 712 g/mol. The van der Waals surface area contributed by atoms with Crippen molar-refractivity contribution in [1.82, 2.24) is 24.9 Å². The summed E-state index contributed by atoms with van der Waals surface area (Å²) >= 11 is 0. The molecule has 5 heterocycles. The highest BCUT2D eigenvalue weighted by Crippen LogP contribution is 2.43. The van der Waals surface area contributed by atoms with Gasteiger partial charge in [0.25, 0.3) is 11.5 Å². The summed E-state index contributed by atoms with van der Waals surface area (Å²) in [4.78, 5) is 56.5. The summed E-state index contributed by atoms with van der Waals surface area (Å²) in [5.74, 6) is -1.35. The van der Waals surface area contributed by atoms with Crippen molar-refractivity contribution in [2.45, 2.75) is 76.7 Å². The second kappa shape index (κ2) is 14.4. The number of aromatic nitrogens is 2. The zero-order valence-corrected chi connectivity index (χ0v) is 30.7. The van der Waals surface area contributed by atoms with Crippen LogP contribution in [0.2, 0.25) is 0 Å². The molecule has 0 bridgehead atoms. The first-order chi connectivity index (χ1) is 24.9. The van der Waals surface area contributed by atoms with Gasteiger partial charge < -0.3 is 20.0 Å². The van der Waals surface area contributed by atoms with Crippen LogP contribution in [0.15, 0.2) is 47.4 Å². The van der Waals surface area contributed by atoms with E-state index < -0.39 is 11.8 Å². The molecule has 0 radical (unpaired) electrons. The lowest BCUT2D eigenvalue weighted by Crippen LogP contribution is -2.48. The highest BCUT2D eigenvalue weighted by molar-refractivity contribution is 6.01.